The summed E-state index contributed by atoms with van der Waals surface area (Å²) in [5, 5.41) is 9.89. The smallest absolute Gasteiger partial charge is 0.266 e. The first-order valence-corrected chi connectivity index (χ1v) is 11.1. The molecule has 2 aromatic carbocycles. The number of carbonyl (C=O) groups excluding carboxylic acids is 1. The molecule has 1 amide bonds. The number of hydrogen-bond donors (Lipinski definition) is 2. The molecule has 9 nitrogen and oxygen atoms in total. The maximum Gasteiger partial charge on any atom is 0.266 e. The van der Waals surface area contributed by atoms with Gasteiger partial charge in [0, 0.05) is 24.1 Å². The van der Waals surface area contributed by atoms with Crippen LogP contribution in [-0.2, 0) is 14.9 Å². The monoisotopic (exact) mass is 463 g/mol. The number of carbonyl (C=O) groups is 1. The average Bonchev–Trinajstić information content (AvgIpc) is 3.24. The van der Waals surface area contributed by atoms with Crippen LogP contribution in [0.4, 0.5) is 5.69 Å². The van der Waals surface area contributed by atoms with Crippen molar-refractivity contribution in [3.8, 4) is 11.4 Å². The fourth-order valence-corrected chi connectivity index (χ4v) is 4.19. The van der Waals surface area contributed by atoms with Gasteiger partial charge in [-0.2, -0.15) is 5.10 Å². The van der Waals surface area contributed by atoms with Gasteiger partial charge in [0.05, 0.1) is 17.8 Å². The van der Waals surface area contributed by atoms with Gasteiger partial charge in [0.25, 0.3) is 15.9 Å². The molecular weight excluding hydrogens is 442 g/mol. The van der Waals surface area contributed by atoms with Crippen LogP contribution in [0.1, 0.15) is 35.9 Å². The molecule has 0 radical (unpaired) electrons. The third kappa shape index (κ3) is 4.77. The van der Waals surface area contributed by atoms with Crippen LogP contribution in [0, 0.1) is 0 Å². The Bertz CT molecular complexity index is 1210. The topological polar surface area (TPSA) is 117 Å². The van der Waals surface area contributed by atoms with Gasteiger partial charge >= 0.3 is 0 Å². The first-order chi connectivity index (χ1) is 14.6. The molecule has 0 aliphatic rings. The van der Waals surface area contributed by atoms with Crippen LogP contribution in [0.15, 0.2) is 47.4 Å². The molecule has 164 valence electrons. The second-order valence-corrected chi connectivity index (χ2v) is 9.25. The van der Waals surface area contributed by atoms with Crippen LogP contribution in [0.3, 0.4) is 0 Å². The largest absolute Gasteiger partial charge is 0.321 e. The van der Waals surface area contributed by atoms with E-state index in [4.69, 9.17) is 16.4 Å². The van der Waals surface area contributed by atoms with Crippen LogP contribution in [-0.4, -0.2) is 48.1 Å². The van der Waals surface area contributed by atoms with E-state index >= 15 is 0 Å². The van der Waals surface area contributed by atoms with Crippen molar-refractivity contribution in [3.05, 3.63) is 58.9 Å². The molecule has 0 bridgehead atoms. The van der Waals surface area contributed by atoms with Crippen molar-refractivity contribution in [1.29, 1.82) is 0 Å². The molecule has 0 spiro atoms. The van der Waals surface area contributed by atoms with Gasteiger partial charge in [-0.15, -0.1) is 0 Å². The van der Waals surface area contributed by atoms with Gasteiger partial charge in [0.1, 0.15) is 10.7 Å². The Hall–Kier alpha value is -2.79. The second kappa shape index (κ2) is 9.15. The summed E-state index contributed by atoms with van der Waals surface area (Å²) in [6.07, 6.45) is 0. The van der Waals surface area contributed by atoms with E-state index in [-0.39, 0.29) is 21.4 Å². The van der Waals surface area contributed by atoms with Crippen LogP contribution >= 0.6 is 11.6 Å². The number of benzene rings is 2. The summed E-state index contributed by atoms with van der Waals surface area (Å²) >= 11 is 6.07. The number of para-hydroxylation sites is 1. The lowest BCUT2D eigenvalue weighted by Crippen LogP contribution is -2.26. The molecule has 0 saturated carbocycles. The molecule has 1 heterocycles. The number of nitrogens with one attached hydrogen (secondary N) is 2. The molecular formula is C20H22ClN5O4S. The van der Waals surface area contributed by atoms with Gasteiger partial charge in [0.15, 0.2) is 5.82 Å². The molecule has 0 fully saturated rings. The Kier molecular flexibility index (Phi) is 6.75. The number of hydroxylamine groups is 1. The third-order valence-corrected chi connectivity index (χ3v) is 6.69. The van der Waals surface area contributed by atoms with E-state index in [2.05, 4.69) is 20.5 Å². The highest BCUT2D eigenvalue weighted by molar-refractivity contribution is 7.89. The highest BCUT2D eigenvalue weighted by Crippen LogP contribution is 2.28. The lowest BCUT2D eigenvalue weighted by Gasteiger charge is -2.16. The number of amides is 1. The normalized spacial score (nSPS) is 11.8. The summed E-state index contributed by atoms with van der Waals surface area (Å²) in [6.45, 7) is 3.98. The minimum absolute atomic E-state index is 0.0252. The van der Waals surface area contributed by atoms with Crippen LogP contribution in [0.2, 0.25) is 5.02 Å². The zero-order valence-electron chi connectivity index (χ0n) is 17.4. The number of hydrogen-bond acceptors (Lipinski definition) is 6. The maximum atomic E-state index is 12.9. The highest BCUT2D eigenvalue weighted by atomic mass is 35.5. The van der Waals surface area contributed by atoms with E-state index in [9.17, 15) is 13.2 Å². The number of sulfonamides is 1. The summed E-state index contributed by atoms with van der Waals surface area (Å²) in [7, 11) is -1.58. The Morgan fingerprint density at radius 3 is 2.58 bits per heavy atom. The number of halogens is 1. The number of rotatable bonds is 7. The van der Waals surface area contributed by atoms with E-state index in [1.807, 2.05) is 19.9 Å². The summed E-state index contributed by atoms with van der Waals surface area (Å²) in [5.41, 5.74) is 1.22. The maximum absolute atomic E-state index is 12.9. The van der Waals surface area contributed by atoms with E-state index in [0.717, 1.165) is 5.82 Å². The Balaban J connectivity index is 1.94. The van der Waals surface area contributed by atoms with Gasteiger partial charge < -0.3 is 5.32 Å². The zero-order valence-corrected chi connectivity index (χ0v) is 19.0. The van der Waals surface area contributed by atoms with Crippen molar-refractivity contribution in [1.82, 2.24) is 19.6 Å². The van der Waals surface area contributed by atoms with Gasteiger partial charge in [-0.05, 0) is 30.3 Å². The van der Waals surface area contributed by atoms with Crippen molar-refractivity contribution in [2.45, 2.75) is 24.7 Å². The van der Waals surface area contributed by atoms with Crippen LogP contribution < -0.4 is 5.32 Å². The first kappa shape index (κ1) is 22.9. The van der Waals surface area contributed by atoms with Crippen molar-refractivity contribution in [3.63, 3.8) is 0 Å². The Morgan fingerprint density at radius 1 is 1.23 bits per heavy atom. The highest BCUT2D eigenvalue weighted by Gasteiger charge is 2.25. The number of aromatic amines is 1. The van der Waals surface area contributed by atoms with Crippen molar-refractivity contribution in [2.75, 3.05) is 19.5 Å². The number of aromatic nitrogens is 3. The van der Waals surface area contributed by atoms with E-state index in [0.29, 0.717) is 21.5 Å². The molecule has 0 atom stereocenters. The van der Waals surface area contributed by atoms with Gasteiger partial charge in [-0.3, -0.25) is 14.7 Å². The summed E-state index contributed by atoms with van der Waals surface area (Å²) in [5.74, 6) is 0.828. The molecule has 11 heteroatoms. The molecule has 1 aromatic heterocycles. The number of H-pyrrole nitrogens is 1. The SMILES string of the molecule is CON(C)S(=O)(=O)c1cc(C(=O)Nc2ccccc2-c2n[nH]c(C(C)C)n2)ccc1Cl. The van der Waals surface area contributed by atoms with Gasteiger partial charge in [0.2, 0.25) is 0 Å². The third-order valence-electron chi connectivity index (χ3n) is 4.53. The van der Waals surface area contributed by atoms with Gasteiger partial charge in [-0.25, -0.2) is 13.4 Å². The number of anilines is 1. The van der Waals surface area contributed by atoms with E-state index in [1.165, 1.54) is 32.4 Å². The Morgan fingerprint density at radius 2 is 1.94 bits per heavy atom. The second-order valence-electron chi connectivity index (χ2n) is 6.94. The van der Waals surface area contributed by atoms with Crippen LogP contribution in [0.5, 0.6) is 0 Å². The molecule has 0 saturated heterocycles. The fraction of sp³-hybridized carbons (Fsp3) is 0.250. The minimum Gasteiger partial charge on any atom is -0.321 e. The van der Waals surface area contributed by atoms with Crippen LogP contribution in [0.25, 0.3) is 11.4 Å². The van der Waals surface area contributed by atoms with E-state index < -0.39 is 15.9 Å². The lowest BCUT2D eigenvalue weighted by atomic mass is 10.1. The quantitative estimate of drug-likeness (QED) is 0.516. The summed E-state index contributed by atoms with van der Waals surface area (Å²) in [6, 6.07) is 11.1. The molecule has 0 aliphatic carbocycles. The minimum atomic E-state index is -4.03. The molecule has 31 heavy (non-hydrogen) atoms. The molecule has 0 aliphatic heterocycles. The molecule has 3 rings (SSSR count). The zero-order chi connectivity index (χ0) is 22.8. The molecule has 0 unspecified atom stereocenters. The standard InChI is InChI=1S/C20H22ClN5O4S/c1-12(2)18-23-19(25-24-18)14-7-5-6-8-16(14)22-20(27)13-9-10-15(21)17(11-13)31(28,29)26(3)30-4/h5-12H,1-4H3,(H,22,27)(H,23,24,25). The summed E-state index contributed by atoms with van der Waals surface area (Å²) < 4.78 is 25.8. The van der Waals surface area contributed by atoms with Gasteiger partial charge in [-0.1, -0.05) is 42.0 Å². The predicted octanol–water partition coefficient (Wildman–Crippen LogP) is 3.68. The van der Waals surface area contributed by atoms with Crippen molar-refractivity contribution >= 4 is 33.2 Å². The van der Waals surface area contributed by atoms with Crippen molar-refractivity contribution in [2.24, 2.45) is 0 Å². The first-order valence-electron chi connectivity index (χ1n) is 9.30. The van der Waals surface area contributed by atoms with E-state index in [1.54, 1.807) is 18.2 Å². The summed E-state index contributed by atoms with van der Waals surface area (Å²) in [4.78, 5) is 21.9. The fourth-order valence-electron chi connectivity index (χ4n) is 2.71. The van der Waals surface area contributed by atoms with Crippen molar-refractivity contribution < 1.29 is 18.0 Å². The molecule has 3 aromatic rings. The molecule has 2 N–H and O–H groups in total. The Labute approximate surface area is 185 Å². The number of nitrogens with zero attached hydrogens (tertiary/aromatic N) is 3. The predicted molar refractivity (Wildman–Crippen MR) is 117 cm³/mol. The average molecular weight is 464 g/mol. The lowest BCUT2D eigenvalue weighted by molar-refractivity contribution is -0.0258.